The molecule has 1 amide bonds. The van der Waals surface area contributed by atoms with Gasteiger partial charge in [-0.05, 0) is 18.9 Å². The molecule has 6 heteroatoms. The maximum absolute atomic E-state index is 11.8. The van der Waals surface area contributed by atoms with E-state index < -0.39 is 0 Å². The van der Waals surface area contributed by atoms with Crippen LogP contribution < -0.4 is 5.32 Å². The zero-order valence-corrected chi connectivity index (χ0v) is 10.6. The van der Waals surface area contributed by atoms with Crippen molar-refractivity contribution >= 4 is 23.3 Å². The van der Waals surface area contributed by atoms with Crippen LogP contribution >= 0.6 is 11.3 Å². The van der Waals surface area contributed by atoms with Crippen LogP contribution in [0.25, 0.3) is 6.08 Å². The van der Waals surface area contributed by atoms with Crippen molar-refractivity contribution < 1.29 is 9.53 Å². The smallest absolute Gasteiger partial charge is 0.262 e. The van der Waals surface area contributed by atoms with Crippen LogP contribution in [0.5, 0.6) is 0 Å². The molecule has 1 unspecified atom stereocenters. The standard InChI is InChI=1S/C12H13N3O2S/c13-5-9(4-11-7-14-8-18-11)12(16)15-6-10-2-1-3-17-10/h4,7-8,10H,1-3,6H2,(H,15,16)/b9-4+. The molecule has 1 fully saturated rings. The summed E-state index contributed by atoms with van der Waals surface area (Å²) in [5.74, 6) is -0.360. The number of ether oxygens (including phenoxy) is 1. The first-order chi connectivity index (χ1) is 8.79. The van der Waals surface area contributed by atoms with Gasteiger partial charge in [0.05, 0.1) is 11.6 Å². The lowest BCUT2D eigenvalue weighted by Crippen LogP contribution is -2.32. The predicted molar refractivity (Wildman–Crippen MR) is 67.7 cm³/mol. The zero-order valence-electron chi connectivity index (χ0n) is 9.76. The van der Waals surface area contributed by atoms with Crippen molar-refractivity contribution in [3.8, 4) is 6.07 Å². The number of rotatable bonds is 4. The Morgan fingerprint density at radius 1 is 1.78 bits per heavy atom. The number of nitrogens with one attached hydrogen (secondary N) is 1. The molecule has 0 aliphatic carbocycles. The Morgan fingerprint density at radius 3 is 3.28 bits per heavy atom. The van der Waals surface area contributed by atoms with Crippen molar-refractivity contribution in [1.29, 1.82) is 5.26 Å². The Bertz CT molecular complexity index is 470. The molecule has 1 saturated heterocycles. The van der Waals surface area contributed by atoms with Gasteiger partial charge >= 0.3 is 0 Å². The van der Waals surface area contributed by atoms with Crippen LogP contribution in [-0.4, -0.2) is 30.1 Å². The molecule has 0 saturated carbocycles. The monoisotopic (exact) mass is 263 g/mol. The van der Waals surface area contributed by atoms with Crippen LogP contribution in [0.15, 0.2) is 17.3 Å². The van der Waals surface area contributed by atoms with Gasteiger partial charge in [-0.2, -0.15) is 5.26 Å². The molecular weight excluding hydrogens is 250 g/mol. The van der Waals surface area contributed by atoms with Crippen molar-refractivity contribution in [2.24, 2.45) is 0 Å². The topological polar surface area (TPSA) is 75.0 Å². The lowest BCUT2D eigenvalue weighted by atomic mass is 10.2. The fourth-order valence-corrected chi connectivity index (χ4v) is 2.25. The molecule has 1 N–H and O–H groups in total. The number of amides is 1. The van der Waals surface area contributed by atoms with Gasteiger partial charge in [0.15, 0.2) is 0 Å². The molecule has 0 spiro atoms. The second kappa shape index (κ2) is 6.28. The van der Waals surface area contributed by atoms with Crippen molar-refractivity contribution in [2.45, 2.75) is 18.9 Å². The van der Waals surface area contributed by atoms with Gasteiger partial charge in [0.1, 0.15) is 11.6 Å². The van der Waals surface area contributed by atoms with E-state index in [-0.39, 0.29) is 17.6 Å². The molecule has 1 aliphatic rings. The number of hydrogen-bond acceptors (Lipinski definition) is 5. The van der Waals surface area contributed by atoms with E-state index in [1.54, 1.807) is 17.8 Å². The molecule has 0 bridgehead atoms. The Labute approximate surface area is 109 Å². The van der Waals surface area contributed by atoms with E-state index in [0.717, 1.165) is 24.3 Å². The molecule has 2 rings (SSSR count). The van der Waals surface area contributed by atoms with Crippen molar-refractivity contribution in [1.82, 2.24) is 10.3 Å². The molecule has 5 nitrogen and oxygen atoms in total. The first kappa shape index (κ1) is 12.7. The molecule has 1 aromatic heterocycles. The fourth-order valence-electron chi connectivity index (χ4n) is 1.69. The summed E-state index contributed by atoms with van der Waals surface area (Å²) in [7, 11) is 0. The van der Waals surface area contributed by atoms with Crippen LogP contribution in [0.2, 0.25) is 0 Å². The van der Waals surface area contributed by atoms with E-state index in [2.05, 4.69) is 10.3 Å². The average molecular weight is 263 g/mol. The van der Waals surface area contributed by atoms with Crippen LogP contribution in [0.4, 0.5) is 0 Å². The molecule has 0 radical (unpaired) electrons. The SMILES string of the molecule is N#C/C(=C\c1cncs1)C(=O)NCC1CCCO1. The maximum atomic E-state index is 11.8. The minimum Gasteiger partial charge on any atom is -0.376 e. The summed E-state index contributed by atoms with van der Waals surface area (Å²) >= 11 is 1.38. The molecular formula is C12H13N3O2S. The first-order valence-electron chi connectivity index (χ1n) is 5.69. The molecule has 18 heavy (non-hydrogen) atoms. The third kappa shape index (κ3) is 3.39. The summed E-state index contributed by atoms with van der Waals surface area (Å²) in [5, 5.41) is 11.7. The third-order valence-electron chi connectivity index (χ3n) is 2.62. The van der Waals surface area contributed by atoms with Gasteiger partial charge in [-0.25, -0.2) is 0 Å². The van der Waals surface area contributed by atoms with Gasteiger partial charge in [0.2, 0.25) is 0 Å². The molecule has 1 aromatic rings. The summed E-state index contributed by atoms with van der Waals surface area (Å²) in [6.07, 6.45) is 5.23. The summed E-state index contributed by atoms with van der Waals surface area (Å²) in [6.45, 7) is 1.21. The number of aromatic nitrogens is 1. The quantitative estimate of drug-likeness (QED) is 0.657. The Balaban J connectivity index is 1.91. The van der Waals surface area contributed by atoms with E-state index in [9.17, 15) is 4.79 Å². The van der Waals surface area contributed by atoms with Gasteiger partial charge in [-0.15, -0.1) is 11.3 Å². The second-order valence-electron chi connectivity index (χ2n) is 3.92. The molecule has 2 heterocycles. The minimum atomic E-state index is -0.360. The summed E-state index contributed by atoms with van der Waals surface area (Å²) < 4.78 is 5.40. The van der Waals surface area contributed by atoms with Gasteiger partial charge < -0.3 is 10.1 Å². The van der Waals surface area contributed by atoms with E-state index in [1.165, 1.54) is 11.3 Å². The van der Waals surface area contributed by atoms with Crippen LogP contribution in [0.1, 0.15) is 17.7 Å². The number of carbonyl (C=O) groups excluding carboxylic acids is 1. The highest BCUT2D eigenvalue weighted by Crippen LogP contribution is 2.12. The highest BCUT2D eigenvalue weighted by Gasteiger charge is 2.17. The molecule has 1 atom stereocenters. The lowest BCUT2D eigenvalue weighted by Gasteiger charge is -2.09. The zero-order chi connectivity index (χ0) is 12.8. The van der Waals surface area contributed by atoms with Crippen LogP contribution in [-0.2, 0) is 9.53 Å². The molecule has 0 aromatic carbocycles. The average Bonchev–Trinajstić information content (AvgIpc) is 3.06. The number of thiazole rings is 1. The minimum absolute atomic E-state index is 0.0808. The summed E-state index contributed by atoms with van der Waals surface area (Å²) in [6, 6.07) is 1.90. The number of nitrogens with zero attached hydrogens (tertiary/aromatic N) is 2. The van der Waals surface area contributed by atoms with Crippen molar-refractivity contribution in [2.75, 3.05) is 13.2 Å². The molecule has 94 valence electrons. The summed E-state index contributed by atoms with van der Waals surface area (Å²) in [4.78, 5) is 16.5. The van der Waals surface area contributed by atoms with Gasteiger partial charge in [0.25, 0.3) is 5.91 Å². The van der Waals surface area contributed by atoms with Gasteiger partial charge in [0, 0.05) is 24.2 Å². The van der Waals surface area contributed by atoms with Crippen molar-refractivity contribution in [3.63, 3.8) is 0 Å². The lowest BCUT2D eigenvalue weighted by molar-refractivity contribution is -0.117. The van der Waals surface area contributed by atoms with E-state index in [1.807, 2.05) is 6.07 Å². The summed E-state index contributed by atoms with van der Waals surface area (Å²) in [5.41, 5.74) is 1.75. The Hall–Kier alpha value is -1.71. The fraction of sp³-hybridized carbons (Fsp3) is 0.417. The number of hydrogen-bond donors (Lipinski definition) is 1. The number of nitriles is 1. The van der Waals surface area contributed by atoms with Crippen LogP contribution in [0.3, 0.4) is 0 Å². The van der Waals surface area contributed by atoms with E-state index >= 15 is 0 Å². The van der Waals surface area contributed by atoms with E-state index in [0.29, 0.717) is 6.54 Å². The highest BCUT2D eigenvalue weighted by atomic mass is 32.1. The van der Waals surface area contributed by atoms with E-state index in [4.69, 9.17) is 10.00 Å². The van der Waals surface area contributed by atoms with Gasteiger partial charge in [-0.1, -0.05) is 0 Å². The van der Waals surface area contributed by atoms with Gasteiger partial charge in [-0.3, -0.25) is 9.78 Å². The first-order valence-corrected chi connectivity index (χ1v) is 6.57. The molecule has 1 aliphatic heterocycles. The number of carbonyl (C=O) groups is 1. The third-order valence-corrected chi connectivity index (χ3v) is 3.34. The Morgan fingerprint density at radius 2 is 2.67 bits per heavy atom. The predicted octanol–water partition coefficient (Wildman–Crippen LogP) is 1.35. The van der Waals surface area contributed by atoms with Crippen LogP contribution in [0, 0.1) is 11.3 Å². The largest absolute Gasteiger partial charge is 0.376 e. The maximum Gasteiger partial charge on any atom is 0.262 e. The normalized spacial score (nSPS) is 19.5. The Kier molecular flexibility index (Phi) is 4.45. The van der Waals surface area contributed by atoms with Crippen molar-refractivity contribution in [3.05, 3.63) is 22.2 Å². The highest BCUT2D eigenvalue weighted by molar-refractivity contribution is 7.10. The second-order valence-corrected chi connectivity index (χ2v) is 4.84.